The Kier molecular flexibility index (Phi) is 3.19. The first kappa shape index (κ1) is 10.8. The number of carbonyl (C=O) groups excluding carboxylic acids is 1. The summed E-state index contributed by atoms with van der Waals surface area (Å²) in [5.41, 5.74) is 0. The molecular weight excluding hydrogens is 202 g/mol. The van der Waals surface area contributed by atoms with Crippen LogP contribution >= 0.6 is 0 Å². The summed E-state index contributed by atoms with van der Waals surface area (Å²) in [6.45, 7) is 1.59. The van der Waals surface area contributed by atoms with E-state index in [1.165, 1.54) is 0 Å². The lowest BCUT2D eigenvalue weighted by molar-refractivity contribution is -0.132. The molecule has 2 aliphatic heterocycles. The van der Waals surface area contributed by atoms with Crippen molar-refractivity contribution < 1.29 is 13.6 Å². The maximum absolute atomic E-state index is 12.4. The molecule has 1 amide bonds. The predicted octanol–water partition coefficient (Wildman–Crippen LogP) is 0.852. The number of alkyl halides is 2. The highest BCUT2D eigenvalue weighted by Gasteiger charge is 2.35. The highest BCUT2D eigenvalue weighted by molar-refractivity contribution is 5.82. The van der Waals surface area contributed by atoms with Gasteiger partial charge in [0.15, 0.2) is 0 Å². The summed E-state index contributed by atoms with van der Waals surface area (Å²) < 4.78 is 24.8. The van der Waals surface area contributed by atoms with Gasteiger partial charge in [-0.2, -0.15) is 0 Å². The molecule has 0 bridgehead atoms. The van der Waals surface area contributed by atoms with Gasteiger partial charge in [-0.25, -0.2) is 8.78 Å². The Morgan fingerprint density at radius 3 is 2.73 bits per heavy atom. The van der Waals surface area contributed by atoms with E-state index in [1.54, 1.807) is 4.90 Å². The van der Waals surface area contributed by atoms with Gasteiger partial charge in [0, 0.05) is 19.0 Å². The van der Waals surface area contributed by atoms with E-state index in [2.05, 4.69) is 5.32 Å². The molecule has 2 fully saturated rings. The minimum atomic E-state index is -2.29. The van der Waals surface area contributed by atoms with Crippen LogP contribution in [-0.2, 0) is 4.79 Å². The van der Waals surface area contributed by atoms with Crippen LogP contribution in [0.1, 0.15) is 19.3 Å². The maximum atomic E-state index is 12.4. The average Bonchev–Trinajstić information content (AvgIpc) is 2.88. The van der Waals surface area contributed by atoms with Gasteiger partial charge in [0.1, 0.15) is 0 Å². The van der Waals surface area contributed by atoms with Crippen LogP contribution in [0.3, 0.4) is 0 Å². The summed E-state index contributed by atoms with van der Waals surface area (Å²) in [4.78, 5) is 13.4. The molecule has 2 heterocycles. The number of nitrogens with one attached hydrogen (secondary N) is 1. The average molecular weight is 218 g/mol. The number of hydrogen-bond acceptors (Lipinski definition) is 2. The van der Waals surface area contributed by atoms with Gasteiger partial charge in [-0.3, -0.25) is 4.79 Å². The summed E-state index contributed by atoms with van der Waals surface area (Å²) in [6, 6.07) is -0.124. The van der Waals surface area contributed by atoms with Crippen molar-refractivity contribution in [2.24, 2.45) is 5.92 Å². The molecule has 86 valence electrons. The Morgan fingerprint density at radius 2 is 2.20 bits per heavy atom. The minimum absolute atomic E-state index is 0.00986. The zero-order chi connectivity index (χ0) is 10.8. The second kappa shape index (κ2) is 4.43. The molecular formula is C10H16F2N2O. The van der Waals surface area contributed by atoms with Gasteiger partial charge >= 0.3 is 0 Å². The first-order valence-corrected chi connectivity index (χ1v) is 5.49. The van der Waals surface area contributed by atoms with Gasteiger partial charge in [0.25, 0.3) is 0 Å². The SMILES string of the molecule is O=C([C@@H]1CCCN1)N1CCC(C(F)F)C1. The second-order valence-electron chi connectivity index (χ2n) is 4.32. The van der Waals surface area contributed by atoms with E-state index in [-0.39, 0.29) is 18.5 Å². The van der Waals surface area contributed by atoms with Crippen molar-refractivity contribution in [2.45, 2.75) is 31.7 Å². The molecule has 0 radical (unpaired) electrons. The Balaban J connectivity index is 1.87. The predicted molar refractivity (Wildman–Crippen MR) is 51.7 cm³/mol. The highest BCUT2D eigenvalue weighted by Crippen LogP contribution is 2.24. The van der Waals surface area contributed by atoms with Gasteiger partial charge in [-0.05, 0) is 25.8 Å². The summed E-state index contributed by atoms with van der Waals surface area (Å²) >= 11 is 0. The molecule has 1 unspecified atom stereocenters. The molecule has 5 heteroatoms. The normalized spacial score (nSPS) is 31.5. The molecule has 2 atom stereocenters. The number of halogens is 2. The zero-order valence-electron chi connectivity index (χ0n) is 8.59. The van der Waals surface area contributed by atoms with Gasteiger partial charge in [0.2, 0.25) is 12.3 Å². The molecule has 2 rings (SSSR count). The van der Waals surface area contributed by atoms with Crippen molar-refractivity contribution in [1.82, 2.24) is 10.2 Å². The van der Waals surface area contributed by atoms with Crippen LogP contribution in [-0.4, -0.2) is 42.9 Å². The fourth-order valence-corrected chi connectivity index (χ4v) is 2.31. The molecule has 1 N–H and O–H groups in total. The second-order valence-corrected chi connectivity index (χ2v) is 4.32. The molecule has 2 aliphatic rings. The summed E-state index contributed by atoms with van der Waals surface area (Å²) in [5, 5.41) is 3.10. The van der Waals surface area contributed by atoms with E-state index >= 15 is 0 Å². The number of hydrogen-bond donors (Lipinski definition) is 1. The number of carbonyl (C=O) groups is 1. The molecule has 3 nitrogen and oxygen atoms in total. The number of amides is 1. The van der Waals surface area contributed by atoms with Gasteiger partial charge in [-0.15, -0.1) is 0 Å². The lowest BCUT2D eigenvalue weighted by Crippen LogP contribution is -2.42. The standard InChI is InChI=1S/C10H16F2N2O/c11-9(12)7-3-5-14(6-7)10(15)8-2-1-4-13-8/h7-9,13H,1-6H2/t7?,8-/m0/s1. The lowest BCUT2D eigenvalue weighted by Gasteiger charge is -2.20. The lowest BCUT2D eigenvalue weighted by atomic mass is 10.1. The van der Waals surface area contributed by atoms with E-state index in [0.717, 1.165) is 19.4 Å². The molecule has 0 aromatic rings. The molecule has 0 spiro atoms. The van der Waals surface area contributed by atoms with Crippen LogP contribution in [0, 0.1) is 5.92 Å². The van der Waals surface area contributed by atoms with Crippen LogP contribution in [0.15, 0.2) is 0 Å². The van der Waals surface area contributed by atoms with E-state index in [1.807, 2.05) is 0 Å². The Morgan fingerprint density at radius 1 is 1.40 bits per heavy atom. The van der Waals surface area contributed by atoms with Crippen LogP contribution in [0.4, 0.5) is 8.78 Å². The zero-order valence-corrected chi connectivity index (χ0v) is 8.59. The smallest absolute Gasteiger partial charge is 0.243 e. The Hall–Kier alpha value is -0.710. The fraction of sp³-hybridized carbons (Fsp3) is 0.900. The van der Waals surface area contributed by atoms with Gasteiger partial charge < -0.3 is 10.2 Å². The monoisotopic (exact) mass is 218 g/mol. The van der Waals surface area contributed by atoms with Gasteiger partial charge in [0.05, 0.1) is 6.04 Å². The largest absolute Gasteiger partial charge is 0.341 e. The summed E-state index contributed by atoms with van der Waals surface area (Å²) in [6.07, 6.45) is -0.00723. The molecule has 0 aromatic heterocycles. The number of nitrogens with zero attached hydrogens (tertiary/aromatic N) is 1. The topological polar surface area (TPSA) is 32.3 Å². The van der Waals surface area contributed by atoms with Crippen molar-refractivity contribution in [3.05, 3.63) is 0 Å². The Bertz CT molecular complexity index is 242. The van der Waals surface area contributed by atoms with Crippen molar-refractivity contribution >= 4 is 5.91 Å². The van der Waals surface area contributed by atoms with Crippen LogP contribution < -0.4 is 5.32 Å². The van der Waals surface area contributed by atoms with E-state index < -0.39 is 12.3 Å². The third kappa shape index (κ3) is 2.27. The van der Waals surface area contributed by atoms with Crippen LogP contribution in [0.25, 0.3) is 0 Å². The molecule has 0 saturated carbocycles. The fourth-order valence-electron chi connectivity index (χ4n) is 2.31. The van der Waals surface area contributed by atoms with Crippen molar-refractivity contribution in [3.63, 3.8) is 0 Å². The Labute approximate surface area is 87.8 Å². The van der Waals surface area contributed by atoms with Crippen molar-refractivity contribution in [2.75, 3.05) is 19.6 Å². The van der Waals surface area contributed by atoms with Gasteiger partial charge in [-0.1, -0.05) is 0 Å². The summed E-state index contributed by atoms with van der Waals surface area (Å²) in [5.74, 6) is -0.606. The highest BCUT2D eigenvalue weighted by atomic mass is 19.3. The number of rotatable bonds is 2. The molecule has 0 aromatic carbocycles. The van der Waals surface area contributed by atoms with E-state index in [9.17, 15) is 13.6 Å². The third-order valence-electron chi connectivity index (χ3n) is 3.25. The van der Waals surface area contributed by atoms with Crippen LogP contribution in [0.5, 0.6) is 0 Å². The first-order chi connectivity index (χ1) is 7.18. The first-order valence-electron chi connectivity index (χ1n) is 5.49. The summed E-state index contributed by atoms with van der Waals surface area (Å²) in [7, 11) is 0. The van der Waals surface area contributed by atoms with Crippen molar-refractivity contribution in [3.8, 4) is 0 Å². The minimum Gasteiger partial charge on any atom is -0.341 e. The van der Waals surface area contributed by atoms with Crippen LogP contribution in [0.2, 0.25) is 0 Å². The number of likely N-dealkylation sites (tertiary alicyclic amines) is 1. The molecule has 2 saturated heterocycles. The third-order valence-corrected chi connectivity index (χ3v) is 3.25. The molecule has 0 aliphatic carbocycles. The molecule has 15 heavy (non-hydrogen) atoms. The quantitative estimate of drug-likeness (QED) is 0.745. The van der Waals surface area contributed by atoms with Crippen molar-refractivity contribution in [1.29, 1.82) is 0 Å². The maximum Gasteiger partial charge on any atom is 0.243 e. The van der Waals surface area contributed by atoms with E-state index in [0.29, 0.717) is 13.0 Å². The van der Waals surface area contributed by atoms with E-state index in [4.69, 9.17) is 0 Å².